The Morgan fingerprint density at radius 3 is 1.20 bits per heavy atom. The van der Waals surface area contributed by atoms with Crippen molar-refractivity contribution in [1.82, 2.24) is 0 Å². The molecule has 0 radical (unpaired) electrons. The van der Waals surface area contributed by atoms with E-state index in [1.807, 2.05) is 0 Å². The van der Waals surface area contributed by atoms with Gasteiger partial charge in [0.1, 0.15) is 53.6 Å². The van der Waals surface area contributed by atoms with Crippen molar-refractivity contribution in [2.45, 2.75) is 18.5 Å². The number of benzene rings is 3. The minimum absolute atomic E-state index is 0.0401. The van der Waals surface area contributed by atoms with Crippen molar-refractivity contribution >= 4 is 33.4 Å². The van der Waals surface area contributed by atoms with Gasteiger partial charge < -0.3 is 0 Å². The van der Waals surface area contributed by atoms with E-state index in [4.69, 9.17) is 0 Å². The highest BCUT2D eigenvalue weighted by atomic mass is 19.4. The van der Waals surface area contributed by atoms with E-state index >= 15 is 0 Å². The van der Waals surface area contributed by atoms with Gasteiger partial charge in [-0.2, -0.15) is 81.6 Å². The molecule has 0 unspecified atom stereocenters. The van der Waals surface area contributed by atoms with Crippen LogP contribution in [0.1, 0.15) is 61.2 Å². The minimum Gasteiger partial charge on any atom is -0.192 e. The third kappa shape index (κ3) is 5.62. The molecule has 3 aromatic rings. The van der Waals surface area contributed by atoms with Crippen molar-refractivity contribution in [2.24, 2.45) is 0 Å². The van der Waals surface area contributed by atoms with E-state index in [2.05, 4.69) is 0 Å². The van der Waals surface area contributed by atoms with Crippen LogP contribution in [-0.2, 0) is 18.5 Å². The Morgan fingerprint density at radius 2 is 0.852 bits per heavy atom. The van der Waals surface area contributed by atoms with Gasteiger partial charge in [-0.1, -0.05) is 12.1 Å². The van der Waals surface area contributed by atoms with Crippen LogP contribution < -0.4 is 0 Å². The van der Waals surface area contributed by atoms with E-state index in [1.165, 1.54) is 18.2 Å². The third-order valence-corrected chi connectivity index (χ3v) is 8.30. The van der Waals surface area contributed by atoms with Crippen LogP contribution in [0.5, 0.6) is 0 Å². The van der Waals surface area contributed by atoms with Gasteiger partial charge in [-0.05, 0) is 52.6 Å². The molecule has 5 rings (SSSR count). The lowest BCUT2D eigenvalue weighted by atomic mass is 9.86. The second kappa shape index (κ2) is 12.9. The fraction of sp³-hybridized carbons (Fsp3) is 0.0811. The first kappa shape index (κ1) is 37.2. The number of nitrogens with zero attached hydrogens (tertiary/aromatic N) is 8. The predicted molar refractivity (Wildman–Crippen MR) is 165 cm³/mol. The van der Waals surface area contributed by atoms with Gasteiger partial charge >= 0.3 is 18.5 Å². The smallest absolute Gasteiger partial charge is 0.192 e. The second-order valence-corrected chi connectivity index (χ2v) is 11.0. The van der Waals surface area contributed by atoms with Gasteiger partial charge in [-0.25, -0.2) is 0 Å². The highest BCUT2D eigenvalue weighted by molar-refractivity contribution is 6.31. The molecule has 3 aromatic carbocycles. The average Bonchev–Trinajstić information content (AvgIpc) is 3.62. The van der Waals surface area contributed by atoms with Crippen LogP contribution >= 0.6 is 0 Å². The zero-order valence-electron chi connectivity index (χ0n) is 26.0. The quantitative estimate of drug-likeness (QED) is 0.184. The summed E-state index contributed by atoms with van der Waals surface area (Å²) in [6.07, 6.45) is -16.1. The van der Waals surface area contributed by atoms with E-state index in [9.17, 15) is 81.6 Å². The number of hydrogen-bond acceptors (Lipinski definition) is 8. The maximum atomic E-state index is 14.0. The summed E-state index contributed by atoms with van der Waals surface area (Å²) >= 11 is 0. The molecule has 0 fully saturated rings. The van der Waals surface area contributed by atoms with Crippen LogP contribution in [-0.4, -0.2) is 0 Å². The zero-order valence-corrected chi connectivity index (χ0v) is 26.0. The monoisotopic (exact) mass is 734 g/mol. The van der Waals surface area contributed by atoms with E-state index in [-0.39, 0.29) is 23.3 Å². The molecule has 0 N–H and O–H groups in total. The topological polar surface area (TPSA) is 190 Å². The fourth-order valence-electron chi connectivity index (χ4n) is 6.29. The van der Waals surface area contributed by atoms with Gasteiger partial charge in [0.2, 0.25) is 0 Å². The summed E-state index contributed by atoms with van der Waals surface area (Å²) in [7, 11) is 0. The molecule has 2 aliphatic rings. The molecule has 0 spiro atoms. The summed E-state index contributed by atoms with van der Waals surface area (Å²) in [5.74, 6) is 0. The van der Waals surface area contributed by atoms with E-state index in [1.54, 1.807) is 30.3 Å². The molecule has 0 amide bonds. The molecule has 0 bridgehead atoms. The molecule has 0 heterocycles. The summed E-state index contributed by atoms with van der Waals surface area (Å²) in [6.45, 7) is 0. The number of nitriles is 8. The number of fused-ring (bicyclic) bond motifs is 2. The average molecular weight is 735 g/mol. The van der Waals surface area contributed by atoms with Crippen LogP contribution in [0.4, 0.5) is 39.5 Å². The van der Waals surface area contributed by atoms with Gasteiger partial charge in [0, 0.05) is 33.4 Å². The molecular weight excluding hydrogens is 727 g/mol. The Morgan fingerprint density at radius 1 is 0.444 bits per heavy atom. The zero-order chi connectivity index (χ0) is 40.1. The molecule has 0 aliphatic heterocycles. The lowest BCUT2D eigenvalue weighted by Crippen LogP contribution is -2.16. The lowest BCUT2D eigenvalue weighted by Gasteiger charge is -2.18. The first-order chi connectivity index (χ1) is 25.4. The minimum atomic E-state index is -5.62. The van der Waals surface area contributed by atoms with E-state index < -0.39 is 113 Å². The summed E-state index contributed by atoms with van der Waals surface area (Å²) < 4.78 is 124. The first-order valence-corrected chi connectivity index (χ1v) is 14.3. The lowest BCUT2D eigenvalue weighted by molar-refractivity contribution is -0.162. The summed E-state index contributed by atoms with van der Waals surface area (Å²) in [5, 5.41) is 80.6. The van der Waals surface area contributed by atoms with Crippen molar-refractivity contribution < 1.29 is 39.5 Å². The molecule has 0 saturated heterocycles. The van der Waals surface area contributed by atoms with Gasteiger partial charge in [0.25, 0.3) is 0 Å². The molecule has 17 heteroatoms. The van der Waals surface area contributed by atoms with Crippen molar-refractivity contribution in [1.29, 1.82) is 42.1 Å². The number of hydrogen-bond donors (Lipinski definition) is 0. The largest absolute Gasteiger partial charge is 0.417 e. The Hall–Kier alpha value is -8.09. The number of alkyl halides is 9. The second-order valence-electron chi connectivity index (χ2n) is 11.0. The Labute approximate surface area is 296 Å². The number of rotatable bonds is 2. The van der Waals surface area contributed by atoms with Gasteiger partial charge in [-0.3, -0.25) is 0 Å². The standard InChI is InChI=1S/C37H7F9N8/c38-35(39,40)26-3-1-16(5-18(26)8-47)29-23(13-52)33-21(31(29)19(9-48)10-49)7-22-32(20(11-50)12-51)30(24(14-53)34(22)25(33)15-54)17-2-4-27(36(41,42)43)28(6-17)37(44,45)46/h1-7H. The van der Waals surface area contributed by atoms with Crippen molar-refractivity contribution in [3.63, 3.8) is 0 Å². The maximum absolute atomic E-state index is 14.0. The highest BCUT2D eigenvalue weighted by Gasteiger charge is 2.45. The summed E-state index contributed by atoms with van der Waals surface area (Å²) in [5.41, 5.74) is -15.3. The Kier molecular flexibility index (Phi) is 8.88. The fourth-order valence-corrected chi connectivity index (χ4v) is 6.29. The first-order valence-electron chi connectivity index (χ1n) is 14.3. The predicted octanol–water partition coefficient (Wildman–Crippen LogP) is 8.98. The van der Waals surface area contributed by atoms with Gasteiger partial charge in [0.05, 0.1) is 45.0 Å². The summed E-state index contributed by atoms with van der Waals surface area (Å²) in [4.78, 5) is 0. The molecule has 8 nitrogen and oxygen atoms in total. The van der Waals surface area contributed by atoms with Crippen LogP contribution in [0.15, 0.2) is 53.6 Å². The van der Waals surface area contributed by atoms with E-state index in [0.717, 1.165) is 12.1 Å². The molecule has 258 valence electrons. The molecular formula is C37H7F9N8. The Bertz CT molecular complexity index is 2720. The molecule has 2 aliphatic carbocycles. The van der Waals surface area contributed by atoms with Crippen LogP contribution in [0.25, 0.3) is 33.4 Å². The van der Waals surface area contributed by atoms with Crippen LogP contribution in [0.2, 0.25) is 0 Å². The number of allylic oxidation sites excluding steroid dienone is 8. The molecule has 0 atom stereocenters. The molecule has 54 heavy (non-hydrogen) atoms. The maximum Gasteiger partial charge on any atom is 0.417 e. The third-order valence-electron chi connectivity index (χ3n) is 8.30. The van der Waals surface area contributed by atoms with Crippen LogP contribution in [0, 0.1) is 90.6 Å². The van der Waals surface area contributed by atoms with Gasteiger partial charge in [-0.15, -0.1) is 0 Å². The number of halogens is 9. The summed E-state index contributed by atoms with van der Waals surface area (Å²) in [6, 6.07) is 16.3. The van der Waals surface area contributed by atoms with Crippen molar-refractivity contribution in [2.75, 3.05) is 0 Å². The van der Waals surface area contributed by atoms with Crippen molar-refractivity contribution in [3.05, 3.63) is 115 Å². The normalized spacial score (nSPS) is 13.3. The molecule has 0 aromatic heterocycles. The van der Waals surface area contributed by atoms with E-state index in [0.29, 0.717) is 18.2 Å². The SMILES string of the molecule is N#CC(C#N)=C1C(c2ccc(C(F)(F)F)c(C#N)c2)=C(C#N)c2c1cc1c(c2C#N)C(C#N)=C(c2ccc(C(F)(F)F)c(C(F)(F)F)c2)C1=C(C#N)C#N. The van der Waals surface area contributed by atoms with Crippen LogP contribution in [0.3, 0.4) is 0 Å². The molecule has 0 saturated carbocycles. The van der Waals surface area contributed by atoms with Gasteiger partial charge in [0.15, 0.2) is 0 Å². The highest BCUT2D eigenvalue weighted by Crippen LogP contribution is 2.57. The Balaban J connectivity index is 2.01. The van der Waals surface area contributed by atoms with Crippen molar-refractivity contribution in [3.8, 4) is 48.6 Å².